The van der Waals surface area contributed by atoms with Gasteiger partial charge in [0.2, 0.25) is 0 Å². The quantitative estimate of drug-likeness (QED) is 0.837. The van der Waals surface area contributed by atoms with E-state index in [1.807, 2.05) is 6.92 Å². The fourth-order valence-corrected chi connectivity index (χ4v) is 4.06. The molecule has 2 N–H and O–H groups in total. The number of nitrogens with zero attached hydrogens (tertiary/aromatic N) is 4. The highest BCUT2D eigenvalue weighted by atomic mass is 16.5. The molecule has 1 fully saturated rings. The third-order valence-corrected chi connectivity index (χ3v) is 5.36. The van der Waals surface area contributed by atoms with Gasteiger partial charge in [-0.3, -0.25) is 0 Å². The van der Waals surface area contributed by atoms with Crippen molar-refractivity contribution >= 4 is 5.82 Å². The third-order valence-electron chi connectivity index (χ3n) is 5.36. The summed E-state index contributed by atoms with van der Waals surface area (Å²) in [5.41, 5.74) is 10.3. The summed E-state index contributed by atoms with van der Waals surface area (Å²) in [6.07, 6.45) is 7.96. The molecule has 6 nitrogen and oxygen atoms in total. The van der Waals surface area contributed by atoms with Crippen molar-refractivity contribution in [3.8, 4) is 17.2 Å². The predicted octanol–water partition coefficient (Wildman–Crippen LogP) is 4.18. The summed E-state index contributed by atoms with van der Waals surface area (Å²) in [6, 6.07) is 2.27. The average Bonchev–Trinajstić information content (AvgIpc) is 2.68. The van der Waals surface area contributed by atoms with Crippen molar-refractivity contribution in [3.05, 3.63) is 35.0 Å². The van der Waals surface area contributed by atoms with E-state index in [9.17, 15) is 5.26 Å². The minimum Gasteiger partial charge on any atom is -0.383 e. The number of nitrogen functional groups attached to an aromatic ring is 1. The molecule has 1 aliphatic heterocycles. The number of hydrogen-bond acceptors (Lipinski definition) is 6. The van der Waals surface area contributed by atoms with Crippen LogP contribution in [0, 0.1) is 11.3 Å². The summed E-state index contributed by atoms with van der Waals surface area (Å²) in [5.74, 6) is 1.33. The number of anilines is 1. The Labute approximate surface area is 167 Å². The summed E-state index contributed by atoms with van der Waals surface area (Å²) in [5, 5.41) is 9.81. The van der Waals surface area contributed by atoms with Crippen LogP contribution in [0.2, 0.25) is 0 Å². The largest absolute Gasteiger partial charge is 0.383 e. The molecule has 0 amide bonds. The highest BCUT2D eigenvalue weighted by Gasteiger charge is 2.33. The molecular weight excluding hydrogens is 350 g/mol. The Hall–Kier alpha value is -2.52. The summed E-state index contributed by atoms with van der Waals surface area (Å²) in [7, 11) is 0. The number of aromatic nitrogens is 3. The van der Waals surface area contributed by atoms with Gasteiger partial charge < -0.3 is 10.5 Å². The van der Waals surface area contributed by atoms with Crippen molar-refractivity contribution in [1.29, 1.82) is 5.26 Å². The van der Waals surface area contributed by atoms with Crippen LogP contribution in [-0.2, 0) is 17.6 Å². The molecule has 0 radical (unpaired) electrons. The molecule has 3 heterocycles. The van der Waals surface area contributed by atoms with Gasteiger partial charge in [-0.05, 0) is 38.7 Å². The van der Waals surface area contributed by atoms with E-state index in [1.165, 1.54) is 0 Å². The lowest BCUT2D eigenvalue weighted by atomic mass is 9.81. The van der Waals surface area contributed by atoms with Gasteiger partial charge in [-0.1, -0.05) is 20.3 Å². The Kier molecular flexibility index (Phi) is 5.95. The van der Waals surface area contributed by atoms with Crippen molar-refractivity contribution in [2.24, 2.45) is 0 Å². The SMILES string of the molecule is CCCc1c([C@H]2CCOC(C)(C)C2)nc(N)c(C#N)c1-c1cnc(CC)nc1. The normalized spacial score (nSPS) is 18.6. The molecule has 0 spiro atoms. The van der Waals surface area contributed by atoms with Gasteiger partial charge in [0.1, 0.15) is 23.3 Å². The van der Waals surface area contributed by atoms with Crippen molar-refractivity contribution in [1.82, 2.24) is 15.0 Å². The fraction of sp³-hybridized carbons (Fsp3) is 0.545. The zero-order valence-electron chi connectivity index (χ0n) is 17.2. The second-order valence-electron chi connectivity index (χ2n) is 8.01. The molecule has 3 rings (SSSR count). The maximum atomic E-state index is 9.81. The number of ether oxygens (including phenoxy) is 1. The molecule has 2 aromatic rings. The van der Waals surface area contributed by atoms with Crippen molar-refractivity contribution in [2.45, 2.75) is 71.3 Å². The topological polar surface area (TPSA) is 97.7 Å². The molecule has 0 aliphatic carbocycles. The molecule has 1 aliphatic rings. The van der Waals surface area contributed by atoms with Crippen molar-refractivity contribution in [3.63, 3.8) is 0 Å². The van der Waals surface area contributed by atoms with E-state index in [0.29, 0.717) is 12.2 Å². The molecule has 28 heavy (non-hydrogen) atoms. The zero-order valence-corrected chi connectivity index (χ0v) is 17.2. The van der Waals surface area contributed by atoms with Gasteiger partial charge in [-0.15, -0.1) is 0 Å². The van der Waals surface area contributed by atoms with Crippen molar-refractivity contribution < 1.29 is 4.74 Å². The number of nitriles is 1. The molecule has 0 aromatic carbocycles. The van der Waals surface area contributed by atoms with E-state index < -0.39 is 0 Å². The van der Waals surface area contributed by atoms with E-state index in [1.54, 1.807) is 12.4 Å². The van der Waals surface area contributed by atoms with E-state index >= 15 is 0 Å². The first kappa shape index (κ1) is 20.2. The van der Waals surface area contributed by atoms with Gasteiger partial charge in [0.25, 0.3) is 0 Å². The van der Waals surface area contributed by atoms with Gasteiger partial charge in [0, 0.05) is 48.2 Å². The molecule has 0 unspecified atom stereocenters. The Bertz CT molecular complexity index is 883. The van der Waals surface area contributed by atoms with Crippen LogP contribution in [0.4, 0.5) is 5.82 Å². The predicted molar refractivity (Wildman–Crippen MR) is 110 cm³/mol. The molecule has 6 heteroatoms. The van der Waals surface area contributed by atoms with Gasteiger partial charge >= 0.3 is 0 Å². The van der Waals surface area contributed by atoms with Crippen LogP contribution >= 0.6 is 0 Å². The smallest absolute Gasteiger partial charge is 0.142 e. The molecule has 2 aromatic heterocycles. The van der Waals surface area contributed by atoms with Crippen LogP contribution in [0.25, 0.3) is 11.1 Å². The van der Waals surface area contributed by atoms with Crippen molar-refractivity contribution in [2.75, 3.05) is 12.3 Å². The fourth-order valence-electron chi connectivity index (χ4n) is 4.06. The Morgan fingerprint density at radius 3 is 2.57 bits per heavy atom. The minimum absolute atomic E-state index is 0.192. The van der Waals surface area contributed by atoms with Gasteiger partial charge in [-0.2, -0.15) is 5.26 Å². The molecular formula is C22H29N5O. The monoisotopic (exact) mass is 379 g/mol. The summed E-state index contributed by atoms with van der Waals surface area (Å²) in [6.45, 7) is 9.09. The average molecular weight is 380 g/mol. The lowest BCUT2D eigenvalue weighted by Gasteiger charge is -2.36. The highest BCUT2D eigenvalue weighted by Crippen LogP contribution is 2.41. The molecule has 148 valence electrons. The second kappa shape index (κ2) is 8.24. The molecule has 0 bridgehead atoms. The lowest BCUT2D eigenvalue weighted by Crippen LogP contribution is -2.33. The first-order chi connectivity index (χ1) is 13.4. The molecule has 1 saturated heterocycles. The van der Waals surface area contributed by atoms with Crippen LogP contribution < -0.4 is 5.73 Å². The van der Waals surface area contributed by atoms with Gasteiger partial charge in [0.05, 0.1) is 5.60 Å². The van der Waals surface area contributed by atoms with Crippen LogP contribution in [0.1, 0.15) is 75.5 Å². The van der Waals surface area contributed by atoms with Gasteiger partial charge in [0.15, 0.2) is 0 Å². The molecule has 1 atom stereocenters. The number of rotatable bonds is 5. The lowest BCUT2D eigenvalue weighted by molar-refractivity contribution is -0.0598. The van der Waals surface area contributed by atoms with E-state index in [2.05, 4.69) is 36.8 Å². The zero-order chi connectivity index (χ0) is 20.3. The first-order valence-corrected chi connectivity index (χ1v) is 10.1. The standard InChI is InChI=1S/C22H29N5O/c1-5-7-16-19(15-12-25-18(6-2)26-13-15)17(11-23)21(24)27-20(16)14-8-9-28-22(3,4)10-14/h12-14H,5-10H2,1-4H3,(H2,24,27)/t14-/m0/s1. The van der Waals surface area contributed by atoms with Crippen LogP contribution in [0.15, 0.2) is 12.4 Å². The van der Waals surface area contributed by atoms with E-state index in [4.69, 9.17) is 15.5 Å². The summed E-state index contributed by atoms with van der Waals surface area (Å²) < 4.78 is 5.90. The third kappa shape index (κ3) is 4.00. The number of nitrogens with two attached hydrogens (primary N) is 1. The van der Waals surface area contributed by atoms with E-state index in [0.717, 1.165) is 60.3 Å². The maximum absolute atomic E-state index is 9.81. The minimum atomic E-state index is -0.192. The number of pyridine rings is 1. The van der Waals surface area contributed by atoms with Gasteiger partial charge in [-0.25, -0.2) is 15.0 Å². The first-order valence-electron chi connectivity index (χ1n) is 10.1. The Morgan fingerprint density at radius 2 is 2.00 bits per heavy atom. The summed E-state index contributed by atoms with van der Waals surface area (Å²) in [4.78, 5) is 13.6. The molecule has 0 saturated carbocycles. The van der Waals surface area contributed by atoms with Crippen LogP contribution in [0.3, 0.4) is 0 Å². The highest BCUT2D eigenvalue weighted by molar-refractivity contribution is 5.78. The Morgan fingerprint density at radius 1 is 1.29 bits per heavy atom. The van der Waals surface area contributed by atoms with E-state index in [-0.39, 0.29) is 17.3 Å². The van der Waals surface area contributed by atoms with Crippen LogP contribution in [0.5, 0.6) is 0 Å². The Balaban J connectivity index is 2.21. The van der Waals surface area contributed by atoms with Crippen LogP contribution in [-0.4, -0.2) is 27.2 Å². The number of aryl methyl sites for hydroxylation is 1. The summed E-state index contributed by atoms with van der Waals surface area (Å²) >= 11 is 0. The second-order valence-corrected chi connectivity index (χ2v) is 8.01. The maximum Gasteiger partial charge on any atom is 0.142 e. The number of hydrogen-bond donors (Lipinski definition) is 1.